The van der Waals surface area contributed by atoms with Gasteiger partial charge in [-0.2, -0.15) is 11.8 Å². The fourth-order valence-electron chi connectivity index (χ4n) is 0.539. The summed E-state index contributed by atoms with van der Waals surface area (Å²) in [5.41, 5.74) is 5.90. The van der Waals surface area contributed by atoms with Gasteiger partial charge in [-0.15, -0.1) is 0 Å². The molecule has 0 saturated carbocycles. The van der Waals surface area contributed by atoms with Gasteiger partial charge in [0.1, 0.15) is 0 Å². The summed E-state index contributed by atoms with van der Waals surface area (Å²) in [5, 5.41) is 0. The summed E-state index contributed by atoms with van der Waals surface area (Å²) < 4.78 is 0.354. The minimum absolute atomic E-state index is 0.347. The lowest BCUT2D eigenvalue weighted by Gasteiger charge is -2.22. The van der Waals surface area contributed by atoms with E-state index in [1.54, 1.807) is 0 Å². The monoisotopic (exact) mass is 175 g/mol. The molecule has 0 aromatic heterocycles. The van der Waals surface area contributed by atoms with Gasteiger partial charge in [-0.25, -0.2) is 0 Å². The Labute approximate surface area is 75.1 Å². The number of thioether (sulfide) groups is 1. The van der Waals surface area contributed by atoms with E-state index in [1.165, 1.54) is 0 Å². The third-order valence-corrected chi connectivity index (χ3v) is 2.98. The van der Waals surface area contributed by atoms with Gasteiger partial charge in [0.15, 0.2) is 0 Å². The predicted molar refractivity (Wildman–Crippen MR) is 55.0 cm³/mol. The number of rotatable bonds is 3. The van der Waals surface area contributed by atoms with Crippen LogP contribution in [-0.4, -0.2) is 16.5 Å². The van der Waals surface area contributed by atoms with Crippen molar-refractivity contribution in [1.29, 1.82) is 0 Å². The van der Waals surface area contributed by atoms with Crippen LogP contribution < -0.4 is 5.73 Å². The Kier molecular flexibility index (Phi) is 4.49. The average Bonchev–Trinajstić information content (AvgIpc) is 1.80. The second kappa shape index (κ2) is 4.36. The van der Waals surface area contributed by atoms with Crippen molar-refractivity contribution in [2.75, 3.05) is 5.75 Å². The lowest BCUT2D eigenvalue weighted by Crippen LogP contribution is -2.30. The zero-order valence-corrected chi connectivity index (χ0v) is 9.16. The van der Waals surface area contributed by atoms with Crippen molar-refractivity contribution < 1.29 is 0 Å². The van der Waals surface area contributed by atoms with E-state index in [9.17, 15) is 0 Å². The van der Waals surface area contributed by atoms with Crippen LogP contribution in [0.5, 0.6) is 0 Å². The standard InChI is InChI=1S/C9H21NS/c1-7(2)8(10)6-11-9(3,4)5/h7-8H,6,10H2,1-5H3. The molecule has 0 radical (unpaired) electrons. The molecule has 68 valence electrons. The fourth-order valence-corrected chi connectivity index (χ4v) is 1.62. The SMILES string of the molecule is CC(C)C(N)CSC(C)(C)C. The third kappa shape index (κ3) is 6.70. The topological polar surface area (TPSA) is 26.0 Å². The quantitative estimate of drug-likeness (QED) is 0.713. The van der Waals surface area contributed by atoms with Gasteiger partial charge in [0.2, 0.25) is 0 Å². The van der Waals surface area contributed by atoms with Crippen molar-refractivity contribution in [2.24, 2.45) is 11.7 Å². The highest BCUT2D eigenvalue weighted by atomic mass is 32.2. The summed E-state index contributed by atoms with van der Waals surface area (Å²) in [6, 6.07) is 0.347. The second-order valence-electron chi connectivity index (χ2n) is 4.33. The van der Waals surface area contributed by atoms with Gasteiger partial charge in [-0.3, -0.25) is 0 Å². The number of hydrogen-bond acceptors (Lipinski definition) is 2. The number of hydrogen-bond donors (Lipinski definition) is 1. The van der Waals surface area contributed by atoms with E-state index < -0.39 is 0 Å². The van der Waals surface area contributed by atoms with E-state index in [4.69, 9.17) is 5.73 Å². The summed E-state index contributed by atoms with van der Waals surface area (Å²) in [7, 11) is 0. The summed E-state index contributed by atoms with van der Waals surface area (Å²) in [6.45, 7) is 11.0. The normalized spacial score (nSPS) is 15.5. The van der Waals surface area contributed by atoms with Gasteiger partial charge < -0.3 is 5.73 Å². The largest absolute Gasteiger partial charge is 0.327 e. The Bertz CT molecular complexity index is 105. The van der Waals surface area contributed by atoms with Crippen LogP contribution in [0, 0.1) is 5.92 Å². The van der Waals surface area contributed by atoms with E-state index in [2.05, 4.69) is 34.6 Å². The Balaban J connectivity index is 3.54. The van der Waals surface area contributed by atoms with Crippen LogP contribution in [0.15, 0.2) is 0 Å². The molecule has 0 spiro atoms. The minimum Gasteiger partial charge on any atom is -0.327 e. The molecular weight excluding hydrogens is 154 g/mol. The first-order valence-corrected chi connectivity index (χ1v) is 5.21. The molecule has 1 atom stereocenters. The molecular formula is C9H21NS. The van der Waals surface area contributed by atoms with Crippen LogP contribution in [-0.2, 0) is 0 Å². The molecule has 0 aliphatic rings. The van der Waals surface area contributed by atoms with Crippen LogP contribution in [0.3, 0.4) is 0 Å². The van der Waals surface area contributed by atoms with Crippen LogP contribution >= 0.6 is 11.8 Å². The van der Waals surface area contributed by atoms with E-state index in [0.29, 0.717) is 16.7 Å². The molecule has 1 nitrogen and oxygen atoms in total. The molecule has 0 aromatic carbocycles. The lowest BCUT2D eigenvalue weighted by atomic mass is 10.1. The van der Waals surface area contributed by atoms with Gasteiger partial charge in [0.05, 0.1) is 0 Å². The van der Waals surface area contributed by atoms with Crippen molar-refractivity contribution >= 4 is 11.8 Å². The molecule has 11 heavy (non-hydrogen) atoms. The van der Waals surface area contributed by atoms with E-state index >= 15 is 0 Å². The van der Waals surface area contributed by atoms with Crippen LogP contribution in [0.4, 0.5) is 0 Å². The van der Waals surface area contributed by atoms with Gasteiger partial charge in [0.25, 0.3) is 0 Å². The maximum atomic E-state index is 5.90. The minimum atomic E-state index is 0.347. The molecule has 0 aliphatic heterocycles. The van der Waals surface area contributed by atoms with Gasteiger partial charge in [-0.05, 0) is 5.92 Å². The summed E-state index contributed by atoms with van der Waals surface area (Å²) in [5.74, 6) is 1.67. The van der Waals surface area contributed by atoms with Gasteiger partial charge >= 0.3 is 0 Å². The predicted octanol–water partition coefficient (Wildman–Crippen LogP) is 2.50. The van der Waals surface area contributed by atoms with E-state index in [1.807, 2.05) is 11.8 Å². The van der Waals surface area contributed by atoms with Crippen molar-refractivity contribution in [3.8, 4) is 0 Å². The zero-order valence-electron chi connectivity index (χ0n) is 8.35. The highest BCUT2D eigenvalue weighted by Crippen LogP contribution is 2.24. The first-order chi connectivity index (χ1) is 4.83. The lowest BCUT2D eigenvalue weighted by molar-refractivity contribution is 0.534. The first kappa shape index (κ1) is 11.3. The molecule has 0 amide bonds. The molecule has 0 heterocycles. The van der Waals surface area contributed by atoms with Gasteiger partial charge in [-0.1, -0.05) is 34.6 Å². The summed E-state index contributed by atoms with van der Waals surface area (Å²) in [6.07, 6.45) is 0. The molecule has 0 aliphatic carbocycles. The van der Waals surface area contributed by atoms with Crippen LogP contribution in [0.25, 0.3) is 0 Å². The molecule has 0 aromatic rings. The van der Waals surface area contributed by atoms with Crippen molar-refractivity contribution in [3.05, 3.63) is 0 Å². The van der Waals surface area contributed by atoms with E-state index in [0.717, 1.165) is 5.75 Å². The van der Waals surface area contributed by atoms with Crippen LogP contribution in [0.1, 0.15) is 34.6 Å². The van der Waals surface area contributed by atoms with Gasteiger partial charge in [0, 0.05) is 16.5 Å². The Morgan fingerprint density at radius 2 is 1.73 bits per heavy atom. The summed E-state index contributed by atoms with van der Waals surface area (Å²) >= 11 is 1.94. The summed E-state index contributed by atoms with van der Waals surface area (Å²) in [4.78, 5) is 0. The molecule has 0 rings (SSSR count). The Morgan fingerprint density at radius 1 is 1.27 bits per heavy atom. The highest BCUT2D eigenvalue weighted by molar-refractivity contribution is 8.00. The van der Waals surface area contributed by atoms with Crippen molar-refractivity contribution in [3.63, 3.8) is 0 Å². The maximum absolute atomic E-state index is 5.90. The zero-order chi connectivity index (χ0) is 9.07. The molecule has 0 fully saturated rings. The average molecular weight is 175 g/mol. The smallest absolute Gasteiger partial charge is 0.0153 e. The first-order valence-electron chi connectivity index (χ1n) is 4.22. The third-order valence-electron chi connectivity index (χ3n) is 1.57. The highest BCUT2D eigenvalue weighted by Gasteiger charge is 2.14. The van der Waals surface area contributed by atoms with Crippen molar-refractivity contribution in [1.82, 2.24) is 0 Å². The molecule has 0 bridgehead atoms. The molecule has 0 saturated heterocycles. The van der Waals surface area contributed by atoms with Crippen LogP contribution in [0.2, 0.25) is 0 Å². The van der Waals surface area contributed by atoms with Crippen molar-refractivity contribution in [2.45, 2.75) is 45.4 Å². The molecule has 2 heteroatoms. The van der Waals surface area contributed by atoms with E-state index in [-0.39, 0.29) is 0 Å². The second-order valence-corrected chi connectivity index (χ2v) is 6.18. The Morgan fingerprint density at radius 3 is 2.00 bits per heavy atom. The number of nitrogens with two attached hydrogens (primary N) is 1. The Hall–Kier alpha value is 0.310. The molecule has 2 N–H and O–H groups in total. The maximum Gasteiger partial charge on any atom is 0.0153 e. The molecule has 1 unspecified atom stereocenters. The fraction of sp³-hybridized carbons (Fsp3) is 1.00.